The Kier molecular flexibility index (Phi) is 4.23. The summed E-state index contributed by atoms with van der Waals surface area (Å²) in [7, 11) is 0. The number of benzene rings is 2. The van der Waals surface area contributed by atoms with Gasteiger partial charge in [0.05, 0.1) is 6.04 Å². The quantitative estimate of drug-likeness (QED) is 0.836. The number of hydrogen-bond donors (Lipinski definition) is 0. The van der Waals surface area contributed by atoms with Crippen LogP contribution in [0, 0.1) is 11.7 Å². The van der Waals surface area contributed by atoms with Gasteiger partial charge in [-0.05, 0) is 43.0 Å². The van der Waals surface area contributed by atoms with Gasteiger partial charge in [-0.1, -0.05) is 42.5 Å². The smallest absolute Gasteiger partial charge is 0.226 e. The number of amides is 1. The first-order valence-corrected chi connectivity index (χ1v) is 7.75. The lowest BCUT2D eigenvalue weighted by Crippen LogP contribution is -2.30. The van der Waals surface area contributed by atoms with Gasteiger partial charge in [-0.3, -0.25) is 4.79 Å². The fraction of sp³-hybridized carbons (Fsp3) is 0.316. The molecule has 22 heavy (non-hydrogen) atoms. The molecule has 0 saturated carbocycles. The highest BCUT2D eigenvalue weighted by Crippen LogP contribution is 2.30. The number of rotatable bonds is 4. The molecule has 0 spiro atoms. The molecule has 1 saturated heterocycles. The Bertz CT molecular complexity index is 638. The van der Waals surface area contributed by atoms with E-state index in [0.29, 0.717) is 6.42 Å². The second kappa shape index (κ2) is 6.30. The maximum Gasteiger partial charge on any atom is 0.226 e. The number of halogens is 1. The van der Waals surface area contributed by atoms with Gasteiger partial charge >= 0.3 is 0 Å². The van der Waals surface area contributed by atoms with Crippen molar-refractivity contribution in [2.24, 2.45) is 5.92 Å². The van der Waals surface area contributed by atoms with Crippen LogP contribution >= 0.6 is 0 Å². The minimum Gasteiger partial charge on any atom is -0.336 e. The predicted molar refractivity (Wildman–Crippen MR) is 84.8 cm³/mol. The van der Waals surface area contributed by atoms with Gasteiger partial charge in [-0.15, -0.1) is 0 Å². The highest BCUT2D eigenvalue weighted by Gasteiger charge is 2.34. The molecule has 114 valence electrons. The first kappa shape index (κ1) is 14.8. The van der Waals surface area contributed by atoms with E-state index >= 15 is 0 Å². The minimum absolute atomic E-state index is 0.0108. The summed E-state index contributed by atoms with van der Waals surface area (Å²) in [5.74, 6) is -0.0156. The highest BCUT2D eigenvalue weighted by molar-refractivity contribution is 5.81. The van der Waals surface area contributed by atoms with Crippen LogP contribution in [-0.4, -0.2) is 17.4 Å². The van der Waals surface area contributed by atoms with E-state index in [4.69, 9.17) is 0 Å². The first-order chi connectivity index (χ1) is 10.6. The lowest BCUT2D eigenvalue weighted by atomic mass is 9.98. The third-order valence-corrected chi connectivity index (χ3v) is 4.50. The molecule has 0 aromatic heterocycles. The van der Waals surface area contributed by atoms with E-state index in [1.165, 1.54) is 17.7 Å². The molecule has 0 aliphatic carbocycles. The van der Waals surface area contributed by atoms with Crippen molar-refractivity contribution in [3.8, 4) is 0 Å². The van der Waals surface area contributed by atoms with Gasteiger partial charge in [0, 0.05) is 12.5 Å². The molecule has 2 atom stereocenters. The van der Waals surface area contributed by atoms with Crippen LogP contribution in [0.1, 0.15) is 30.5 Å². The predicted octanol–water partition coefficient (Wildman–Crippen LogP) is 3.98. The zero-order valence-corrected chi connectivity index (χ0v) is 12.7. The van der Waals surface area contributed by atoms with Crippen LogP contribution in [0.2, 0.25) is 0 Å². The molecule has 1 aliphatic rings. The monoisotopic (exact) mass is 297 g/mol. The number of carbonyl (C=O) groups is 1. The van der Waals surface area contributed by atoms with Gasteiger partial charge in [-0.25, -0.2) is 4.39 Å². The molecule has 1 heterocycles. The summed E-state index contributed by atoms with van der Waals surface area (Å²) in [4.78, 5) is 14.6. The number of nitrogens with zero attached hydrogens (tertiary/aromatic N) is 1. The molecule has 2 nitrogen and oxygen atoms in total. The van der Waals surface area contributed by atoms with Crippen molar-refractivity contribution in [2.45, 2.75) is 25.8 Å². The fourth-order valence-electron chi connectivity index (χ4n) is 3.15. The highest BCUT2D eigenvalue weighted by atomic mass is 19.1. The summed E-state index contributed by atoms with van der Waals surface area (Å²) in [6, 6.07) is 16.7. The normalized spacial score (nSPS) is 19.5. The number of hydrogen-bond acceptors (Lipinski definition) is 1. The van der Waals surface area contributed by atoms with Crippen molar-refractivity contribution in [3.05, 3.63) is 71.5 Å². The maximum atomic E-state index is 13.0. The molecular formula is C19H20FNO. The average Bonchev–Trinajstić information content (AvgIpc) is 2.91. The standard InChI is InChI=1S/C19H20FNO/c1-14(16-5-3-2-4-6-16)21-12-11-17(19(21)22)13-15-7-9-18(20)10-8-15/h2-10,14,17H,11-13H2,1H3. The molecule has 2 aromatic rings. The van der Waals surface area contributed by atoms with Crippen molar-refractivity contribution in [2.75, 3.05) is 6.54 Å². The van der Waals surface area contributed by atoms with E-state index < -0.39 is 0 Å². The zero-order chi connectivity index (χ0) is 15.5. The maximum absolute atomic E-state index is 13.0. The van der Waals surface area contributed by atoms with Crippen molar-refractivity contribution in [1.82, 2.24) is 4.90 Å². The molecule has 1 aliphatic heterocycles. The van der Waals surface area contributed by atoms with E-state index in [1.54, 1.807) is 12.1 Å². The summed E-state index contributed by atoms with van der Waals surface area (Å²) < 4.78 is 13.0. The van der Waals surface area contributed by atoms with E-state index in [-0.39, 0.29) is 23.7 Å². The van der Waals surface area contributed by atoms with Crippen molar-refractivity contribution in [3.63, 3.8) is 0 Å². The van der Waals surface area contributed by atoms with Crippen LogP contribution in [-0.2, 0) is 11.2 Å². The van der Waals surface area contributed by atoms with Crippen LogP contribution in [0.5, 0.6) is 0 Å². The summed E-state index contributed by atoms with van der Waals surface area (Å²) in [6.07, 6.45) is 1.56. The SMILES string of the molecule is CC(c1ccccc1)N1CCC(Cc2ccc(F)cc2)C1=O. The third kappa shape index (κ3) is 3.03. The first-order valence-electron chi connectivity index (χ1n) is 7.75. The summed E-state index contributed by atoms with van der Waals surface area (Å²) in [5.41, 5.74) is 2.19. The van der Waals surface area contributed by atoms with Crippen molar-refractivity contribution in [1.29, 1.82) is 0 Å². The van der Waals surface area contributed by atoms with Gasteiger partial charge in [0.25, 0.3) is 0 Å². The van der Waals surface area contributed by atoms with Gasteiger partial charge in [0.2, 0.25) is 5.91 Å². The Hall–Kier alpha value is -2.16. The van der Waals surface area contributed by atoms with Crippen molar-refractivity contribution >= 4 is 5.91 Å². The van der Waals surface area contributed by atoms with Gasteiger partial charge in [-0.2, -0.15) is 0 Å². The minimum atomic E-state index is -0.235. The summed E-state index contributed by atoms with van der Waals surface area (Å²) in [6.45, 7) is 2.87. The molecule has 3 heteroatoms. The largest absolute Gasteiger partial charge is 0.336 e. The molecule has 1 amide bonds. The molecule has 3 rings (SSSR count). The summed E-state index contributed by atoms with van der Waals surface area (Å²) >= 11 is 0. The van der Waals surface area contributed by atoms with E-state index in [1.807, 2.05) is 23.1 Å². The average molecular weight is 297 g/mol. The molecule has 2 unspecified atom stereocenters. The lowest BCUT2D eigenvalue weighted by Gasteiger charge is -2.25. The Morgan fingerprint density at radius 2 is 1.82 bits per heavy atom. The fourth-order valence-corrected chi connectivity index (χ4v) is 3.15. The Morgan fingerprint density at radius 1 is 1.14 bits per heavy atom. The molecule has 0 radical (unpaired) electrons. The van der Waals surface area contributed by atoms with Gasteiger partial charge in [0.15, 0.2) is 0 Å². The van der Waals surface area contributed by atoms with Gasteiger partial charge < -0.3 is 4.90 Å². The third-order valence-electron chi connectivity index (χ3n) is 4.50. The topological polar surface area (TPSA) is 20.3 Å². The van der Waals surface area contributed by atoms with Gasteiger partial charge in [0.1, 0.15) is 5.82 Å². The summed E-state index contributed by atoms with van der Waals surface area (Å²) in [5, 5.41) is 0. The van der Waals surface area contributed by atoms with Crippen molar-refractivity contribution < 1.29 is 9.18 Å². The Balaban J connectivity index is 1.68. The van der Waals surface area contributed by atoms with Crippen LogP contribution < -0.4 is 0 Å². The second-order valence-corrected chi connectivity index (χ2v) is 5.93. The zero-order valence-electron chi connectivity index (χ0n) is 12.7. The van der Waals surface area contributed by atoms with Crippen LogP contribution in [0.15, 0.2) is 54.6 Å². The molecular weight excluding hydrogens is 277 g/mol. The molecule has 0 N–H and O–H groups in total. The Labute approximate surface area is 130 Å². The van der Waals surface area contributed by atoms with E-state index in [0.717, 1.165) is 18.5 Å². The van der Waals surface area contributed by atoms with Crippen LogP contribution in [0.3, 0.4) is 0 Å². The van der Waals surface area contributed by atoms with Crippen LogP contribution in [0.25, 0.3) is 0 Å². The molecule has 1 fully saturated rings. The number of likely N-dealkylation sites (tertiary alicyclic amines) is 1. The van der Waals surface area contributed by atoms with E-state index in [2.05, 4.69) is 19.1 Å². The lowest BCUT2D eigenvalue weighted by molar-refractivity contribution is -0.132. The Morgan fingerprint density at radius 3 is 2.50 bits per heavy atom. The van der Waals surface area contributed by atoms with Crippen LogP contribution in [0.4, 0.5) is 4.39 Å². The van der Waals surface area contributed by atoms with E-state index in [9.17, 15) is 9.18 Å². The molecule has 0 bridgehead atoms. The molecule has 2 aromatic carbocycles. The number of carbonyl (C=O) groups excluding carboxylic acids is 1. The second-order valence-electron chi connectivity index (χ2n) is 5.93.